The Morgan fingerprint density at radius 1 is 1.25 bits per heavy atom. The van der Waals surface area contributed by atoms with Crippen molar-refractivity contribution in [2.24, 2.45) is 0 Å². The van der Waals surface area contributed by atoms with E-state index in [-0.39, 0.29) is 11.9 Å². The Morgan fingerprint density at radius 3 is 2.75 bits per heavy atom. The van der Waals surface area contributed by atoms with E-state index in [1.807, 2.05) is 35.8 Å². The maximum absolute atomic E-state index is 13.9. The molecular weight excluding hydrogens is 321 g/mol. The summed E-state index contributed by atoms with van der Waals surface area (Å²) in [5, 5.41) is 0. The Hall–Kier alpha value is -1.88. The lowest BCUT2D eigenvalue weighted by Crippen LogP contribution is -2.11. The number of hydrogen-bond donors (Lipinski definition) is 1. The molecule has 3 aromatic rings. The molecule has 20 heavy (non-hydrogen) atoms. The molecule has 0 aliphatic rings. The third-order valence-corrected chi connectivity index (χ3v) is 3.91. The highest BCUT2D eigenvalue weighted by molar-refractivity contribution is 9.10. The zero-order valence-corrected chi connectivity index (χ0v) is 12.4. The van der Waals surface area contributed by atoms with Crippen LogP contribution in [-0.2, 0) is 0 Å². The van der Waals surface area contributed by atoms with Crippen LogP contribution >= 0.6 is 15.9 Å². The maximum atomic E-state index is 13.9. The van der Waals surface area contributed by atoms with E-state index in [1.54, 1.807) is 12.1 Å². The second-order valence-electron chi connectivity index (χ2n) is 4.67. The smallest absolute Gasteiger partial charge is 0.201 e. The van der Waals surface area contributed by atoms with E-state index in [9.17, 15) is 4.39 Å². The van der Waals surface area contributed by atoms with E-state index >= 15 is 0 Å². The van der Waals surface area contributed by atoms with Gasteiger partial charge in [0.1, 0.15) is 5.82 Å². The van der Waals surface area contributed by atoms with Gasteiger partial charge in [-0.1, -0.05) is 34.1 Å². The topological polar surface area (TPSA) is 43.8 Å². The van der Waals surface area contributed by atoms with Crippen LogP contribution in [0.2, 0.25) is 0 Å². The van der Waals surface area contributed by atoms with Crippen LogP contribution in [0, 0.1) is 5.82 Å². The molecule has 0 saturated heterocycles. The third-order valence-electron chi connectivity index (χ3n) is 3.42. The van der Waals surface area contributed by atoms with Crippen LogP contribution < -0.4 is 5.73 Å². The lowest BCUT2D eigenvalue weighted by Gasteiger charge is -2.17. The first kappa shape index (κ1) is 13.1. The van der Waals surface area contributed by atoms with Gasteiger partial charge in [0.15, 0.2) is 0 Å². The van der Waals surface area contributed by atoms with E-state index in [0.717, 1.165) is 15.5 Å². The number of rotatable bonds is 2. The van der Waals surface area contributed by atoms with Gasteiger partial charge in [-0.2, -0.15) is 0 Å². The van der Waals surface area contributed by atoms with Gasteiger partial charge in [0.2, 0.25) is 5.95 Å². The van der Waals surface area contributed by atoms with Crippen LogP contribution in [0.3, 0.4) is 0 Å². The average Bonchev–Trinajstić information content (AvgIpc) is 2.73. The van der Waals surface area contributed by atoms with Crippen molar-refractivity contribution in [1.29, 1.82) is 0 Å². The molecule has 3 nitrogen and oxygen atoms in total. The molecule has 0 bridgehead atoms. The first-order valence-electron chi connectivity index (χ1n) is 6.25. The number of halogens is 2. The Labute approximate surface area is 124 Å². The molecule has 0 spiro atoms. The summed E-state index contributed by atoms with van der Waals surface area (Å²) in [7, 11) is 0. The fourth-order valence-corrected chi connectivity index (χ4v) is 2.80. The minimum Gasteiger partial charge on any atom is -0.369 e. The van der Waals surface area contributed by atoms with Crippen LogP contribution in [0.15, 0.2) is 46.9 Å². The van der Waals surface area contributed by atoms with Gasteiger partial charge in [0.05, 0.1) is 17.1 Å². The zero-order valence-electron chi connectivity index (χ0n) is 10.8. The molecule has 0 amide bonds. The summed E-state index contributed by atoms with van der Waals surface area (Å²) < 4.78 is 16.7. The SMILES string of the molecule is CC(c1ccccc1F)n1c(N)nc2cc(Br)ccc21. The third kappa shape index (κ3) is 2.08. The van der Waals surface area contributed by atoms with Crippen LogP contribution in [0.25, 0.3) is 11.0 Å². The summed E-state index contributed by atoms with van der Waals surface area (Å²) in [5.74, 6) is 0.146. The Balaban J connectivity index is 2.19. The molecule has 0 aliphatic heterocycles. The predicted octanol–water partition coefficient (Wildman–Crippen LogP) is 4.13. The largest absolute Gasteiger partial charge is 0.369 e. The number of fused-ring (bicyclic) bond motifs is 1. The van der Waals surface area contributed by atoms with E-state index in [1.165, 1.54) is 6.07 Å². The molecule has 3 rings (SSSR count). The van der Waals surface area contributed by atoms with Crippen molar-refractivity contribution < 1.29 is 4.39 Å². The number of nitrogen functional groups attached to an aromatic ring is 1. The lowest BCUT2D eigenvalue weighted by atomic mass is 10.1. The van der Waals surface area contributed by atoms with Gasteiger partial charge in [-0.05, 0) is 31.2 Å². The van der Waals surface area contributed by atoms with Crippen LogP contribution in [-0.4, -0.2) is 9.55 Å². The number of nitrogens with zero attached hydrogens (tertiary/aromatic N) is 2. The molecule has 0 fully saturated rings. The molecule has 2 aromatic carbocycles. The lowest BCUT2D eigenvalue weighted by molar-refractivity contribution is 0.567. The highest BCUT2D eigenvalue weighted by atomic mass is 79.9. The molecule has 1 aromatic heterocycles. The fourth-order valence-electron chi connectivity index (χ4n) is 2.45. The molecule has 1 unspecified atom stereocenters. The standard InChI is InChI=1S/C15H13BrFN3/c1-9(11-4-2-3-5-12(11)17)20-14-7-6-10(16)8-13(14)19-15(20)18/h2-9H,1H3,(H2,18,19). The molecule has 0 saturated carbocycles. The van der Waals surface area contributed by atoms with Gasteiger partial charge in [0.25, 0.3) is 0 Å². The Bertz CT molecular complexity index is 782. The van der Waals surface area contributed by atoms with Gasteiger partial charge in [-0.25, -0.2) is 9.37 Å². The van der Waals surface area contributed by atoms with Crippen molar-refractivity contribution in [3.05, 3.63) is 58.3 Å². The van der Waals surface area contributed by atoms with E-state index < -0.39 is 0 Å². The average molecular weight is 334 g/mol. The summed E-state index contributed by atoms with van der Waals surface area (Å²) in [5.41, 5.74) is 8.29. The molecule has 0 radical (unpaired) electrons. The number of benzene rings is 2. The zero-order chi connectivity index (χ0) is 14.3. The number of hydrogen-bond acceptors (Lipinski definition) is 2. The van der Waals surface area contributed by atoms with Crippen LogP contribution in [0.5, 0.6) is 0 Å². The number of imidazole rings is 1. The van der Waals surface area contributed by atoms with Crippen molar-refractivity contribution in [2.75, 3.05) is 5.73 Å². The summed E-state index contributed by atoms with van der Waals surface area (Å²) in [6.45, 7) is 1.91. The first-order chi connectivity index (χ1) is 9.58. The highest BCUT2D eigenvalue weighted by Gasteiger charge is 2.18. The number of nitrogens with two attached hydrogens (primary N) is 1. The highest BCUT2D eigenvalue weighted by Crippen LogP contribution is 2.29. The van der Waals surface area contributed by atoms with Gasteiger partial charge in [-0.15, -0.1) is 0 Å². The quantitative estimate of drug-likeness (QED) is 0.766. The summed E-state index contributed by atoms with van der Waals surface area (Å²) in [4.78, 5) is 4.34. The fraction of sp³-hybridized carbons (Fsp3) is 0.133. The number of aromatic nitrogens is 2. The van der Waals surface area contributed by atoms with Gasteiger partial charge < -0.3 is 10.3 Å². The first-order valence-corrected chi connectivity index (χ1v) is 7.04. The van der Waals surface area contributed by atoms with Crippen molar-refractivity contribution >= 4 is 32.9 Å². The predicted molar refractivity (Wildman–Crippen MR) is 82.1 cm³/mol. The van der Waals surface area contributed by atoms with Crippen molar-refractivity contribution in [1.82, 2.24) is 9.55 Å². The van der Waals surface area contributed by atoms with Gasteiger partial charge >= 0.3 is 0 Å². The van der Waals surface area contributed by atoms with Crippen molar-refractivity contribution in [2.45, 2.75) is 13.0 Å². The Kier molecular flexibility index (Phi) is 3.22. The molecule has 1 heterocycles. The molecule has 2 N–H and O–H groups in total. The van der Waals surface area contributed by atoms with E-state index in [0.29, 0.717) is 11.5 Å². The molecular formula is C15H13BrFN3. The molecule has 1 atom stereocenters. The van der Waals surface area contributed by atoms with Crippen molar-refractivity contribution in [3.63, 3.8) is 0 Å². The maximum Gasteiger partial charge on any atom is 0.201 e. The molecule has 5 heteroatoms. The van der Waals surface area contributed by atoms with Crippen LogP contribution in [0.1, 0.15) is 18.5 Å². The van der Waals surface area contributed by atoms with Gasteiger partial charge in [0, 0.05) is 10.0 Å². The summed E-state index contributed by atoms with van der Waals surface area (Å²) >= 11 is 3.41. The summed E-state index contributed by atoms with van der Waals surface area (Å²) in [6, 6.07) is 12.3. The van der Waals surface area contributed by atoms with E-state index in [2.05, 4.69) is 20.9 Å². The van der Waals surface area contributed by atoms with E-state index in [4.69, 9.17) is 5.73 Å². The molecule has 0 aliphatic carbocycles. The Morgan fingerprint density at radius 2 is 2.00 bits per heavy atom. The van der Waals surface area contributed by atoms with Crippen molar-refractivity contribution in [3.8, 4) is 0 Å². The van der Waals surface area contributed by atoms with Gasteiger partial charge in [-0.3, -0.25) is 0 Å². The normalized spacial score (nSPS) is 12.8. The second-order valence-corrected chi connectivity index (χ2v) is 5.59. The monoisotopic (exact) mass is 333 g/mol. The number of anilines is 1. The second kappa shape index (κ2) is 4.90. The van der Waals surface area contributed by atoms with Crippen LogP contribution in [0.4, 0.5) is 10.3 Å². The molecule has 102 valence electrons. The summed E-state index contributed by atoms with van der Waals surface area (Å²) in [6.07, 6.45) is 0. The minimum absolute atomic E-state index is 0.220. The minimum atomic E-state index is -0.238.